The second kappa shape index (κ2) is 17.3. The summed E-state index contributed by atoms with van der Waals surface area (Å²) in [5.41, 5.74) is 7.91. The van der Waals surface area contributed by atoms with Crippen molar-refractivity contribution in [2.45, 2.75) is 105 Å². The Hall–Kier alpha value is -7.49. The van der Waals surface area contributed by atoms with Crippen molar-refractivity contribution in [3.05, 3.63) is 192 Å². The molecule has 8 aromatic rings. The van der Waals surface area contributed by atoms with Crippen molar-refractivity contribution in [2.75, 3.05) is 0 Å². The molecule has 16 heteroatoms. The molecule has 3 heterocycles. The van der Waals surface area contributed by atoms with Crippen LogP contribution < -0.4 is 4.74 Å². The third kappa shape index (κ3) is 7.47. The van der Waals surface area contributed by atoms with Crippen LogP contribution in [0.4, 0.5) is 48.1 Å². The minimum absolute atomic E-state index is 0.00586. The summed E-state index contributed by atoms with van der Waals surface area (Å²) in [7, 11) is 0. The predicted molar refractivity (Wildman–Crippen MR) is 286 cm³/mol. The molecule has 2 aliphatic heterocycles. The van der Waals surface area contributed by atoms with Gasteiger partial charge in [0.2, 0.25) is 0 Å². The highest BCUT2D eigenvalue weighted by atomic mass is 19.4. The van der Waals surface area contributed by atoms with E-state index >= 15 is 8.63 Å². The van der Waals surface area contributed by atoms with Crippen LogP contribution in [0.3, 0.4) is 0 Å². The molecule has 0 spiro atoms. The van der Waals surface area contributed by atoms with Gasteiger partial charge in [-0.05, 0) is 203 Å². The van der Waals surface area contributed by atoms with Gasteiger partial charge in [-0.2, -0.15) is 39.5 Å². The number of aromatic nitrogens is 1. The molecule has 0 saturated heterocycles. The van der Waals surface area contributed by atoms with E-state index in [1.54, 1.807) is 12.1 Å². The molecule has 0 N–H and O–H groups in total. The molecule has 5 aliphatic rings. The Labute approximate surface area is 446 Å². The highest BCUT2D eigenvalue weighted by Gasteiger charge is 2.59. The van der Waals surface area contributed by atoms with E-state index in [4.69, 9.17) is 4.74 Å². The number of aryl methyl sites for hydroxylation is 4. The zero-order valence-electron chi connectivity index (χ0n) is 43.4. The van der Waals surface area contributed by atoms with Crippen LogP contribution in [-0.2, 0) is 42.6 Å². The van der Waals surface area contributed by atoms with Gasteiger partial charge in [0.1, 0.15) is 5.75 Å². The fraction of sp³-hybridized carbons (Fsp3) is 0.270. The summed E-state index contributed by atoms with van der Waals surface area (Å²) in [6.07, 6.45) is -7.77. The first-order valence-electron chi connectivity index (χ1n) is 26.5. The van der Waals surface area contributed by atoms with Gasteiger partial charge in [0.25, 0.3) is 0 Å². The number of alkyl halides is 9. The number of hydrogen-bond donors (Lipinski definition) is 0. The van der Waals surface area contributed by atoms with Gasteiger partial charge < -0.3 is 22.3 Å². The lowest BCUT2D eigenvalue weighted by Gasteiger charge is -2.37. The van der Waals surface area contributed by atoms with Crippen LogP contribution in [0.25, 0.3) is 54.2 Å². The van der Waals surface area contributed by atoms with Gasteiger partial charge in [-0.25, -0.2) is 0 Å². The molecule has 0 bridgehead atoms. The van der Waals surface area contributed by atoms with Crippen molar-refractivity contribution in [3.8, 4) is 5.75 Å². The number of esters is 1. The molecular formula is C63H48BF11N2O2. The molecule has 1 unspecified atom stereocenters. The van der Waals surface area contributed by atoms with Crippen molar-refractivity contribution in [2.24, 2.45) is 5.92 Å². The van der Waals surface area contributed by atoms with Crippen LogP contribution in [-0.4, -0.2) is 27.6 Å². The van der Waals surface area contributed by atoms with E-state index in [1.807, 2.05) is 52.0 Å². The van der Waals surface area contributed by atoms with Crippen molar-refractivity contribution in [1.82, 2.24) is 4.48 Å². The third-order valence-electron chi connectivity index (χ3n) is 17.3. The average molecular weight is 1080 g/mol. The van der Waals surface area contributed by atoms with Crippen LogP contribution in [0.1, 0.15) is 119 Å². The van der Waals surface area contributed by atoms with Gasteiger partial charge in [-0.3, -0.25) is 4.79 Å². The van der Waals surface area contributed by atoms with Crippen LogP contribution in [0.2, 0.25) is 0 Å². The summed E-state index contributed by atoms with van der Waals surface area (Å²) >= 11 is 0. The number of nitrogens with zero attached hydrogens (tertiary/aromatic N) is 2. The monoisotopic (exact) mass is 1080 g/mol. The fourth-order valence-electron chi connectivity index (χ4n) is 14.1. The van der Waals surface area contributed by atoms with E-state index in [9.17, 15) is 44.3 Å². The summed E-state index contributed by atoms with van der Waals surface area (Å²) in [4.78, 5) is 13.8. The number of fused-ring (bicyclic) bond motifs is 11. The van der Waals surface area contributed by atoms with E-state index in [0.717, 1.165) is 87.2 Å². The first-order chi connectivity index (χ1) is 37.4. The number of rotatable bonds is 6. The average Bonchev–Trinajstić information content (AvgIpc) is 3.09. The minimum Gasteiger partial charge on any atom is -0.427 e. The molecule has 402 valence electrons. The molecule has 7 aromatic carbocycles. The molecule has 0 fully saturated rings. The molecule has 4 nitrogen and oxygen atoms in total. The SMILES string of the molecule is CC1=C2CCc3ccccc3C2=[N+]2C1=C(c1c(C)cc(OC(=O)CCCc3ccc4c5ccc(C(F)(F)F)c6c(C(F)(F)F)ccc(c7ccc(C(F)(F)F)c3c47)c65)cc1C)c1c(C)c3c(n1[B-]2(F)F)C1=CC(C)CC=C1CC3. The normalized spacial score (nSPS) is 18.1. The Morgan fingerprint density at radius 1 is 0.696 bits per heavy atom. The van der Waals surface area contributed by atoms with Crippen LogP contribution >= 0.6 is 0 Å². The maximum absolute atomic E-state index is 18.4. The molecule has 0 amide bonds. The highest BCUT2D eigenvalue weighted by Crippen LogP contribution is 2.55. The number of carbonyl (C=O) groups excluding carboxylic acids is 1. The molecular weight excluding hydrogens is 1040 g/mol. The topological polar surface area (TPSA) is 34.2 Å². The summed E-state index contributed by atoms with van der Waals surface area (Å²) < 4.78 is 177. The van der Waals surface area contributed by atoms with E-state index in [2.05, 4.69) is 19.1 Å². The molecule has 0 radical (unpaired) electrons. The molecule has 0 saturated carbocycles. The lowest BCUT2D eigenvalue weighted by atomic mass is 9.79. The molecule has 3 aliphatic carbocycles. The Morgan fingerprint density at radius 3 is 1.90 bits per heavy atom. The van der Waals surface area contributed by atoms with E-state index in [1.165, 1.54) is 21.1 Å². The zero-order valence-corrected chi connectivity index (χ0v) is 43.4. The number of carbonyl (C=O) groups is 1. The minimum atomic E-state index is -5.18. The van der Waals surface area contributed by atoms with Gasteiger partial charge in [-0.15, -0.1) is 0 Å². The zero-order chi connectivity index (χ0) is 55.7. The number of ether oxygens (including phenoxy) is 1. The Kier molecular flexibility index (Phi) is 11.1. The van der Waals surface area contributed by atoms with Crippen molar-refractivity contribution in [1.29, 1.82) is 0 Å². The van der Waals surface area contributed by atoms with Crippen molar-refractivity contribution in [3.63, 3.8) is 0 Å². The first kappa shape index (κ1) is 51.0. The molecule has 1 atom stereocenters. The number of benzene rings is 7. The standard InChI is InChI=1S/C63H48BF11N2O2/c1-30-13-14-36-16-19-40-34(5)58-56(57-33(4)39-18-15-35-9-6-7-11-41(35)59(39)76(57)64(74,75)77(58)60(40)46(36)27-30)51-31(2)28-38(29-32(51)3)79-50(78)12-8-10-37-17-20-42-44-22-25-48(62(68,69)70)55-49(63(71,72)73)26-23-45(54(44)55)43-21-24-47(61(65,66)67)52(37)53(42)43/h6-7,9,11,14,17,20-30H,8,10,12-13,15-16,18-19H2,1-5H3. The quantitative estimate of drug-likeness (QED) is 0.0415. The summed E-state index contributed by atoms with van der Waals surface area (Å²) in [6.45, 7) is 5.23. The lowest BCUT2D eigenvalue weighted by molar-refractivity contribution is -0.362. The number of hydrogen-bond acceptors (Lipinski definition) is 2. The molecule has 1 aromatic heterocycles. The smallest absolute Gasteiger partial charge is 0.427 e. The Balaban J connectivity index is 0.869. The first-order valence-corrected chi connectivity index (χ1v) is 26.5. The van der Waals surface area contributed by atoms with E-state index in [0.29, 0.717) is 70.9 Å². The van der Waals surface area contributed by atoms with Gasteiger partial charge in [0, 0.05) is 39.9 Å². The predicted octanol–water partition coefficient (Wildman–Crippen LogP) is 17.5. The number of allylic oxidation sites excluding steroid dienone is 6. The maximum Gasteiger partial charge on any atom is 0.737 e. The number of halogens is 11. The summed E-state index contributed by atoms with van der Waals surface area (Å²) in [5.74, 6) is -0.336. The van der Waals surface area contributed by atoms with E-state index in [-0.39, 0.29) is 74.2 Å². The lowest BCUT2D eigenvalue weighted by Crippen LogP contribution is -2.52. The van der Waals surface area contributed by atoms with Crippen molar-refractivity contribution >= 4 is 72.9 Å². The maximum atomic E-state index is 18.4. The van der Waals surface area contributed by atoms with Crippen LogP contribution in [0, 0.1) is 26.7 Å². The van der Waals surface area contributed by atoms with Crippen molar-refractivity contribution < 1.29 is 62.2 Å². The summed E-state index contributed by atoms with van der Waals surface area (Å²) in [5, 5.41) is -1.78. The van der Waals surface area contributed by atoms with E-state index < -0.39 is 53.5 Å². The van der Waals surface area contributed by atoms with Gasteiger partial charge in [0.15, 0.2) is 11.4 Å². The van der Waals surface area contributed by atoms with Crippen LogP contribution in [0.5, 0.6) is 5.75 Å². The molecule has 13 rings (SSSR count). The van der Waals surface area contributed by atoms with Crippen LogP contribution in [0.15, 0.2) is 119 Å². The summed E-state index contributed by atoms with van der Waals surface area (Å²) in [6, 6.07) is 18.9. The second-order valence-corrected chi connectivity index (χ2v) is 22.0. The van der Waals surface area contributed by atoms with Gasteiger partial charge in [0.05, 0.1) is 22.3 Å². The van der Waals surface area contributed by atoms with Gasteiger partial charge >= 0.3 is 31.5 Å². The molecule has 79 heavy (non-hydrogen) atoms. The Morgan fingerprint density at radius 2 is 1.28 bits per heavy atom. The highest BCUT2D eigenvalue weighted by molar-refractivity contribution is 6.59. The fourth-order valence-corrected chi connectivity index (χ4v) is 14.1. The third-order valence-corrected chi connectivity index (χ3v) is 17.3. The second-order valence-electron chi connectivity index (χ2n) is 22.0. The largest absolute Gasteiger partial charge is 0.737 e. The Bertz CT molecular complexity index is 4140. The van der Waals surface area contributed by atoms with Gasteiger partial charge in [-0.1, -0.05) is 67.6 Å².